The number of halogens is 4. The monoisotopic (exact) mass is 706 g/mol. The van der Waals surface area contributed by atoms with Gasteiger partial charge in [0.15, 0.2) is 6.10 Å². The molecule has 3 amide bonds. The summed E-state index contributed by atoms with van der Waals surface area (Å²) in [5.41, 5.74) is -0.582. The summed E-state index contributed by atoms with van der Waals surface area (Å²) in [6, 6.07) is 10.1. The first kappa shape index (κ1) is 35.1. The van der Waals surface area contributed by atoms with Crippen LogP contribution in [-0.4, -0.2) is 116 Å². The first-order valence-corrected chi connectivity index (χ1v) is 17.1. The number of amides is 3. The number of benzene rings is 2. The van der Waals surface area contributed by atoms with Crippen LogP contribution < -0.4 is 10.6 Å². The second kappa shape index (κ2) is 14.2. The molecule has 0 saturated carbocycles. The number of carbonyl (C=O) groups is 3. The van der Waals surface area contributed by atoms with E-state index in [9.17, 15) is 27.6 Å². The lowest BCUT2D eigenvalue weighted by atomic mass is 9.82. The molecule has 15 heteroatoms. The molecule has 2 aromatic rings. The van der Waals surface area contributed by atoms with Gasteiger partial charge in [0.2, 0.25) is 0 Å². The normalized spacial score (nSPS) is 21.1. The SMILES string of the molecule is CNc1c(Cl)cc(C[C@@H](OC(=O)N2CCC3(CC2)OC(=O)Nc2ccccc23)C(=O)N2CCN(C3CCN(C)CC3)CC2)cc1C(F)(F)F. The van der Waals surface area contributed by atoms with Crippen molar-refractivity contribution in [1.82, 2.24) is 19.6 Å². The number of para-hydroxylation sites is 1. The molecule has 3 saturated heterocycles. The van der Waals surface area contributed by atoms with Gasteiger partial charge in [-0.05, 0) is 56.7 Å². The highest BCUT2D eigenvalue weighted by molar-refractivity contribution is 6.33. The van der Waals surface area contributed by atoms with E-state index in [-0.39, 0.29) is 35.8 Å². The van der Waals surface area contributed by atoms with Crippen LogP contribution >= 0.6 is 11.6 Å². The molecule has 3 fully saturated rings. The van der Waals surface area contributed by atoms with Crippen LogP contribution in [-0.2, 0) is 32.5 Å². The van der Waals surface area contributed by atoms with Crippen molar-refractivity contribution in [2.24, 2.45) is 0 Å². The molecule has 11 nitrogen and oxygen atoms in total. The molecule has 4 heterocycles. The van der Waals surface area contributed by atoms with E-state index in [1.54, 1.807) is 11.0 Å². The minimum atomic E-state index is -4.71. The van der Waals surface area contributed by atoms with E-state index >= 15 is 0 Å². The number of anilines is 2. The number of ether oxygens (including phenoxy) is 2. The van der Waals surface area contributed by atoms with E-state index in [1.165, 1.54) is 18.0 Å². The Labute approximate surface area is 288 Å². The third-order valence-corrected chi connectivity index (χ3v) is 10.5. The average Bonchev–Trinajstić information content (AvgIpc) is 3.07. The molecule has 1 atom stereocenters. The Morgan fingerprint density at radius 2 is 1.71 bits per heavy atom. The molecule has 0 bridgehead atoms. The number of hydrogen-bond acceptors (Lipinski definition) is 8. The van der Waals surface area contributed by atoms with Crippen LogP contribution in [0.5, 0.6) is 0 Å². The third kappa shape index (κ3) is 7.56. The molecule has 49 heavy (non-hydrogen) atoms. The van der Waals surface area contributed by atoms with Gasteiger partial charge >= 0.3 is 18.4 Å². The average molecular weight is 707 g/mol. The smallest absolute Gasteiger partial charge is 0.418 e. The molecule has 2 aromatic carbocycles. The number of nitrogens with one attached hydrogen (secondary N) is 2. The number of rotatable bonds is 6. The van der Waals surface area contributed by atoms with Crippen molar-refractivity contribution in [3.05, 3.63) is 58.1 Å². The Morgan fingerprint density at radius 3 is 2.37 bits per heavy atom. The Morgan fingerprint density at radius 1 is 1.04 bits per heavy atom. The zero-order chi connectivity index (χ0) is 34.9. The minimum absolute atomic E-state index is 0.114. The molecule has 1 spiro atoms. The second-order valence-electron chi connectivity index (χ2n) is 13.3. The molecule has 4 aliphatic rings. The topological polar surface area (TPSA) is 107 Å². The molecule has 4 aliphatic heterocycles. The van der Waals surface area contributed by atoms with Crippen molar-refractivity contribution in [2.45, 2.75) is 56.0 Å². The van der Waals surface area contributed by atoms with E-state index in [0.717, 1.165) is 37.6 Å². The molecule has 0 aromatic heterocycles. The van der Waals surface area contributed by atoms with Crippen molar-refractivity contribution in [3.8, 4) is 0 Å². The second-order valence-corrected chi connectivity index (χ2v) is 13.7. The highest BCUT2D eigenvalue weighted by Gasteiger charge is 2.46. The van der Waals surface area contributed by atoms with Crippen LogP contribution in [0.4, 0.5) is 34.1 Å². The number of hydrogen-bond donors (Lipinski definition) is 2. The number of carbonyl (C=O) groups excluding carboxylic acids is 3. The molecule has 6 rings (SSSR count). The molecule has 266 valence electrons. The maximum Gasteiger partial charge on any atom is 0.418 e. The van der Waals surface area contributed by atoms with Crippen molar-refractivity contribution in [1.29, 1.82) is 0 Å². The van der Waals surface area contributed by atoms with Crippen molar-refractivity contribution in [2.75, 3.05) is 77.1 Å². The maximum atomic E-state index is 14.0. The number of likely N-dealkylation sites (tertiary alicyclic amines) is 2. The van der Waals surface area contributed by atoms with Crippen LogP contribution in [0.15, 0.2) is 36.4 Å². The molecular formula is C34H42ClF3N6O5. The summed E-state index contributed by atoms with van der Waals surface area (Å²) in [5, 5.41) is 5.06. The zero-order valence-corrected chi connectivity index (χ0v) is 28.4. The largest absolute Gasteiger partial charge is 0.438 e. The van der Waals surface area contributed by atoms with Gasteiger partial charge in [0.05, 0.1) is 22.0 Å². The standard InChI is InChI=1S/C34H42ClF3N6O5/c1-39-29-25(34(36,37)38)19-22(20-26(29)35)21-28(30(45)43-17-15-42(16-18-43)23-7-11-41(2)12-8-23)48-32(47)44-13-9-33(10-14-44)24-5-3-4-6-27(24)40-31(46)49-33/h3-6,19-20,23,28,39H,7-18,21H2,1-2H3,(H,40,46)/t28-/m1/s1. The molecule has 2 N–H and O–H groups in total. The predicted octanol–water partition coefficient (Wildman–Crippen LogP) is 5.24. The fourth-order valence-electron chi connectivity index (χ4n) is 7.50. The van der Waals surface area contributed by atoms with Crippen molar-refractivity contribution < 1.29 is 37.0 Å². The van der Waals surface area contributed by atoms with E-state index in [1.807, 2.05) is 18.2 Å². The van der Waals surface area contributed by atoms with Crippen LogP contribution in [0.3, 0.4) is 0 Å². The summed E-state index contributed by atoms with van der Waals surface area (Å²) in [7, 11) is 3.45. The van der Waals surface area contributed by atoms with Gasteiger partial charge in [0.1, 0.15) is 5.60 Å². The Hall–Kier alpha value is -3.75. The summed E-state index contributed by atoms with van der Waals surface area (Å²) in [6.45, 7) is 4.53. The Bertz CT molecular complexity index is 1550. The molecule has 0 aliphatic carbocycles. The Kier molecular flexibility index (Phi) is 10.2. The number of alkyl halides is 3. The molecular weight excluding hydrogens is 665 g/mol. The molecule has 0 unspecified atom stereocenters. The zero-order valence-electron chi connectivity index (χ0n) is 27.7. The minimum Gasteiger partial charge on any atom is -0.438 e. The summed E-state index contributed by atoms with van der Waals surface area (Å²) >= 11 is 6.27. The maximum absolute atomic E-state index is 14.0. The first-order valence-electron chi connectivity index (χ1n) is 16.7. The van der Waals surface area contributed by atoms with Crippen molar-refractivity contribution >= 4 is 41.1 Å². The van der Waals surface area contributed by atoms with Gasteiger partial charge in [-0.1, -0.05) is 29.8 Å². The number of piperazine rings is 1. The van der Waals surface area contributed by atoms with Gasteiger partial charge in [-0.3, -0.25) is 15.0 Å². The summed E-state index contributed by atoms with van der Waals surface area (Å²) in [5.74, 6) is -0.464. The Balaban J connectivity index is 1.18. The summed E-state index contributed by atoms with van der Waals surface area (Å²) in [4.78, 5) is 47.8. The van der Waals surface area contributed by atoms with Gasteiger partial charge in [0, 0.05) is 77.2 Å². The fourth-order valence-corrected chi connectivity index (χ4v) is 7.83. The lowest BCUT2D eigenvalue weighted by molar-refractivity contribution is -0.143. The highest BCUT2D eigenvalue weighted by atomic mass is 35.5. The van der Waals surface area contributed by atoms with Gasteiger partial charge in [-0.2, -0.15) is 13.2 Å². The van der Waals surface area contributed by atoms with Gasteiger partial charge in [-0.25, -0.2) is 9.59 Å². The third-order valence-electron chi connectivity index (χ3n) is 10.2. The fraction of sp³-hybridized carbons (Fsp3) is 0.559. The van der Waals surface area contributed by atoms with E-state index < -0.39 is 41.5 Å². The summed E-state index contributed by atoms with van der Waals surface area (Å²) < 4.78 is 53.7. The van der Waals surface area contributed by atoms with Crippen LogP contribution in [0.1, 0.15) is 42.4 Å². The highest BCUT2D eigenvalue weighted by Crippen LogP contribution is 2.44. The predicted molar refractivity (Wildman–Crippen MR) is 178 cm³/mol. The quantitative estimate of drug-likeness (QED) is 0.421. The van der Waals surface area contributed by atoms with Crippen LogP contribution in [0, 0.1) is 0 Å². The summed E-state index contributed by atoms with van der Waals surface area (Å²) in [6.07, 6.45) is -5.01. The number of piperidine rings is 2. The number of fused-ring (bicyclic) bond motifs is 2. The van der Waals surface area contributed by atoms with Crippen LogP contribution in [0.25, 0.3) is 0 Å². The first-order chi connectivity index (χ1) is 23.4. The molecule has 0 radical (unpaired) electrons. The van der Waals surface area contributed by atoms with Crippen LogP contribution in [0.2, 0.25) is 5.02 Å². The lowest BCUT2D eigenvalue weighted by Crippen LogP contribution is -2.56. The number of nitrogens with zero attached hydrogens (tertiary/aromatic N) is 4. The van der Waals surface area contributed by atoms with Gasteiger partial charge in [-0.15, -0.1) is 0 Å². The lowest BCUT2D eigenvalue weighted by Gasteiger charge is -2.44. The van der Waals surface area contributed by atoms with Gasteiger partial charge < -0.3 is 29.5 Å². The van der Waals surface area contributed by atoms with Crippen molar-refractivity contribution in [3.63, 3.8) is 0 Å². The van der Waals surface area contributed by atoms with E-state index in [2.05, 4.69) is 27.5 Å². The van der Waals surface area contributed by atoms with E-state index in [0.29, 0.717) is 50.7 Å². The van der Waals surface area contributed by atoms with E-state index in [4.69, 9.17) is 21.1 Å². The van der Waals surface area contributed by atoms with Gasteiger partial charge in [0.25, 0.3) is 5.91 Å².